The van der Waals surface area contributed by atoms with E-state index >= 15 is 0 Å². The number of H-pyrrole nitrogens is 2. The number of nitrogens with zero attached hydrogens (tertiary/aromatic N) is 2. The van der Waals surface area contributed by atoms with Crippen LogP contribution >= 0.6 is 0 Å². The molecule has 5 nitrogen and oxygen atoms in total. The fourth-order valence-corrected chi connectivity index (χ4v) is 6.69. The number of hydrogen-bond acceptors (Lipinski definition) is 3. The predicted octanol–water partition coefficient (Wildman–Crippen LogP) is 8.76. The standard InChI is InChI=1S/C41H34N4O/c1-25-5-11-28(12-6-25)39-33-19-17-31(42-33)32-18-20-34(43-32)40(29-13-7-26(2)8-14-29)36-22-24-38(45-36)41(46-4,37-23-21-35(39)44-37)30-15-9-27(3)10-16-30/h5-24,44-45H,1-4H3/b39-33-,40-34-. The van der Waals surface area contributed by atoms with E-state index in [0.29, 0.717) is 0 Å². The average Bonchev–Trinajstić information content (AvgIpc) is 3.90. The van der Waals surface area contributed by atoms with Crippen molar-refractivity contribution >= 4 is 22.6 Å². The van der Waals surface area contributed by atoms with E-state index in [9.17, 15) is 0 Å². The highest BCUT2D eigenvalue weighted by molar-refractivity contribution is 6.52. The summed E-state index contributed by atoms with van der Waals surface area (Å²) in [6.45, 7) is 6.32. The fourth-order valence-electron chi connectivity index (χ4n) is 6.69. The molecule has 0 aliphatic carbocycles. The molecule has 0 saturated carbocycles. The van der Waals surface area contributed by atoms with E-state index < -0.39 is 5.60 Å². The minimum Gasteiger partial charge on any atom is -0.361 e. The molecule has 5 aromatic rings. The summed E-state index contributed by atoms with van der Waals surface area (Å²) in [7, 11) is 1.78. The molecule has 3 aliphatic heterocycles. The van der Waals surface area contributed by atoms with Crippen LogP contribution < -0.4 is 0 Å². The Labute approximate surface area is 269 Å². The Kier molecular flexibility index (Phi) is 6.59. The monoisotopic (exact) mass is 598 g/mol. The van der Waals surface area contributed by atoms with E-state index in [1.807, 2.05) is 0 Å². The van der Waals surface area contributed by atoms with Crippen LogP contribution in [0.2, 0.25) is 0 Å². The predicted molar refractivity (Wildman–Crippen MR) is 187 cm³/mol. The van der Waals surface area contributed by atoms with Crippen molar-refractivity contribution in [3.05, 3.63) is 189 Å². The van der Waals surface area contributed by atoms with Crippen LogP contribution in [-0.4, -0.2) is 28.5 Å². The zero-order chi connectivity index (χ0) is 31.4. The van der Waals surface area contributed by atoms with Crippen LogP contribution in [0.3, 0.4) is 0 Å². The first-order valence-electron chi connectivity index (χ1n) is 15.6. The summed E-state index contributed by atoms with van der Waals surface area (Å²) in [5.41, 5.74) is 15.1. The summed E-state index contributed by atoms with van der Waals surface area (Å²) in [5.74, 6) is 0. The Hall–Kier alpha value is -5.52. The van der Waals surface area contributed by atoms with Gasteiger partial charge in [0.25, 0.3) is 0 Å². The van der Waals surface area contributed by atoms with Gasteiger partial charge < -0.3 is 14.7 Å². The minimum absolute atomic E-state index is 0.842. The van der Waals surface area contributed by atoms with E-state index in [1.165, 1.54) is 16.7 Å². The maximum atomic E-state index is 6.64. The molecule has 5 heteroatoms. The molecule has 0 amide bonds. The molecule has 0 unspecified atom stereocenters. The number of allylic oxidation sites excluding steroid dienone is 4. The molecule has 5 heterocycles. The van der Waals surface area contributed by atoms with Gasteiger partial charge in [0.05, 0.1) is 34.2 Å². The van der Waals surface area contributed by atoms with Gasteiger partial charge in [0, 0.05) is 29.6 Å². The van der Waals surface area contributed by atoms with E-state index in [2.05, 4.69) is 152 Å². The molecule has 2 N–H and O–H groups in total. The molecule has 0 radical (unpaired) electrons. The molecule has 8 rings (SSSR count). The summed E-state index contributed by atoms with van der Waals surface area (Å²) in [4.78, 5) is 17.9. The van der Waals surface area contributed by atoms with Crippen LogP contribution in [0.1, 0.15) is 56.2 Å². The maximum Gasteiger partial charge on any atom is 0.172 e. The van der Waals surface area contributed by atoms with Crippen molar-refractivity contribution in [2.24, 2.45) is 9.98 Å². The second-order valence-corrected chi connectivity index (χ2v) is 12.2. The largest absolute Gasteiger partial charge is 0.361 e. The number of benzene rings is 3. The number of hydrogen-bond donors (Lipinski definition) is 2. The highest BCUT2D eigenvalue weighted by Gasteiger charge is 2.40. The molecule has 0 saturated heterocycles. The van der Waals surface area contributed by atoms with Gasteiger partial charge in [-0.25, -0.2) is 9.98 Å². The van der Waals surface area contributed by atoms with Crippen molar-refractivity contribution in [1.29, 1.82) is 0 Å². The SMILES string of the molecule is COC1(c2ccc(C)cc2)c2ccc([nH]2)/C(c2ccc(C)cc2)=C2/C=CC(=N2)C2=N/C(=C(/c3ccc(C)cc3)c3ccc1[nH]3)C=C2. The van der Waals surface area contributed by atoms with Crippen LogP contribution in [0, 0.1) is 20.8 Å². The summed E-state index contributed by atoms with van der Waals surface area (Å²) in [6.07, 6.45) is 8.32. The summed E-state index contributed by atoms with van der Waals surface area (Å²) in [6, 6.07) is 34.4. The van der Waals surface area contributed by atoms with Gasteiger partial charge in [-0.3, -0.25) is 0 Å². The second kappa shape index (κ2) is 10.8. The Morgan fingerprint density at radius 1 is 0.500 bits per heavy atom. The van der Waals surface area contributed by atoms with Crippen LogP contribution in [0.15, 0.2) is 143 Å². The van der Waals surface area contributed by atoms with Crippen LogP contribution in [0.4, 0.5) is 0 Å². The van der Waals surface area contributed by atoms with E-state index in [1.54, 1.807) is 7.11 Å². The molecule has 3 aromatic carbocycles. The normalized spacial score (nSPS) is 19.6. The van der Waals surface area contributed by atoms with Gasteiger partial charge in [0.2, 0.25) is 0 Å². The van der Waals surface area contributed by atoms with Crippen molar-refractivity contribution in [2.45, 2.75) is 26.4 Å². The minimum atomic E-state index is -0.948. The lowest BCUT2D eigenvalue weighted by molar-refractivity contribution is 0.0519. The van der Waals surface area contributed by atoms with E-state index in [0.717, 1.165) is 73.4 Å². The first-order valence-corrected chi connectivity index (χ1v) is 15.6. The summed E-state index contributed by atoms with van der Waals surface area (Å²) < 4.78 is 6.64. The third-order valence-corrected chi connectivity index (χ3v) is 9.17. The number of aryl methyl sites for hydroxylation is 3. The van der Waals surface area contributed by atoms with Crippen LogP contribution in [0.5, 0.6) is 0 Å². The first-order chi connectivity index (χ1) is 22.4. The third-order valence-electron chi connectivity index (χ3n) is 9.17. The number of methoxy groups -OCH3 is 1. The Morgan fingerprint density at radius 3 is 1.33 bits per heavy atom. The molecular formula is C41H34N4O. The molecule has 8 bridgehead atoms. The van der Waals surface area contributed by atoms with Crippen molar-refractivity contribution in [3.8, 4) is 0 Å². The molecular weight excluding hydrogens is 564 g/mol. The maximum absolute atomic E-state index is 6.64. The third kappa shape index (κ3) is 4.51. The molecule has 0 fully saturated rings. The van der Waals surface area contributed by atoms with Crippen LogP contribution in [-0.2, 0) is 10.3 Å². The molecule has 0 atom stereocenters. The molecule has 3 aliphatic rings. The van der Waals surface area contributed by atoms with E-state index in [4.69, 9.17) is 14.7 Å². The van der Waals surface area contributed by atoms with Gasteiger partial charge in [-0.05, 0) is 86.0 Å². The van der Waals surface area contributed by atoms with Crippen molar-refractivity contribution in [2.75, 3.05) is 7.11 Å². The smallest absolute Gasteiger partial charge is 0.172 e. The highest BCUT2D eigenvalue weighted by atomic mass is 16.5. The van der Waals surface area contributed by atoms with Gasteiger partial charge >= 0.3 is 0 Å². The van der Waals surface area contributed by atoms with E-state index in [-0.39, 0.29) is 0 Å². The molecule has 46 heavy (non-hydrogen) atoms. The van der Waals surface area contributed by atoms with Gasteiger partial charge in [-0.15, -0.1) is 0 Å². The number of nitrogens with one attached hydrogen (secondary N) is 2. The van der Waals surface area contributed by atoms with Gasteiger partial charge in [-0.1, -0.05) is 89.5 Å². The topological polar surface area (TPSA) is 65.5 Å². The number of fused-ring (bicyclic) bond motifs is 7. The Morgan fingerprint density at radius 2 is 0.913 bits per heavy atom. The molecule has 224 valence electrons. The zero-order valence-corrected chi connectivity index (χ0v) is 26.3. The summed E-state index contributed by atoms with van der Waals surface area (Å²) in [5, 5.41) is 0. The molecule has 0 spiro atoms. The molecule has 2 aromatic heterocycles. The number of ether oxygens (including phenoxy) is 1. The second-order valence-electron chi connectivity index (χ2n) is 12.2. The van der Waals surface area contributed by atoms with Gasteiger partial charge in [0.15, 0.2) is 5.60 Å². The Balaban J connectivity index is 1.45. The number of rotatable bonds is 4. The quantitative estimate of drug-likeness (QED) is 0.213. The lowest BCUT2D eigenvalue weighted by Gasteiger charge is -2.32. The van der Waals surface area contributed by atoms with Gasteiger partial charge in [-0.2, -0.15) is 0 Å². The lowest BCUT2D eigenvalue weighted by Crippen LogP contribution is -2.32. The van der Waals surface area contributed by atoms with Crippen LogP contribution in [0.25, 0.3) is 11.1 Å². The zero-order valence-electron chi connectivity index (χ0n) is 26.3. The number of aliphatic imine (C=N–C) groups is 2. The lowest BCUT2D eigenvalue weighted by atomic mass is 9.86. The number of aromatic amines is 2. The highest BCUT2D eigenvalue weighted by Crippen LogP contribution is 2.42. The van der Waals surface area contributed by atoms with Gasteiger partial charge in [0.1, 0.15) is 0 Å². The number of aromatic nitrogens is 2. The van der Waals surface area contributed by atoms with Crippen molar-refractivity contribution in [3.63, 3.8) is 0 Å². The van der Waals surface area contributed by atoms with Crippen molar-refractivity contribution in [1.82, 2.24) is 9.97 Å². The van der Waals surface area contributed by atoms with Crippen molar-refractivity contribution < 1.29 is 4.74 Å². The first kappa shape index (κ1) is 28.0. The Bertz CT molecular complexity index is 2050. The summed E-state index contributed by atoms with van der Waals surface area (Å²) >= 11 is 0. The average molecular weight is 599 g/mol. The fraction of sp³-hybridized carbons (Fsp3) is 0.122.